The van der Waals surface area contributed by atoms with Crippen LogP contribution in [0.25, 0.3) is 0 Å². The highest BCUT2D eigenvalue weighted by molar-refractivity contribution is 8.02. The summed E-state index contributed by atoms with van der Waals surface area (Å²) < 4.78 is 0. The first-order chi connectivity index (χ1) is 5.84. The van der Waals surface area contributed by atoms with Gasteiger partial charge in [-0.15, -0.1) is 11.8 Å². The van der Waals surface area contributed by atoms with E-state index >= 15 is 0 Å². The first-order valence-electron chi connectivity index (χ1n) is 4.42. The third-order valence-electron chi connectivity index (χ3n) is 1.55. The second kappa shape index (κ2) is 7.23. The molecule has 1 rings (SSSR count). The molecule has 0 aliphatic heterocycles. The van der Waals surface area contributed by atoms with Crippen LogP contribution in [0.5, 0.6) is 0 Å². The Labute approximate surface area is 80.4 Å². The molecule has 1 heteroatoms. The lowest BCUT2D eigenvalue weighted by atomic mass is 10.2. The van der Waals surface area contributed by atoms with Crippen molar-refractivity contribution in [2.75, 3.05) is 6.26 Å². The van der Waals surface area contributed by atoms with Gasteiger partial charge in [-0.3, -0.25) is 0 Å². The highest BCUT2D eigenvalue weighted by Gasteiger charge is 1.96. The van der Waals surface area contributed by atoms with Gasteiger partial charge in [-0.1, -0.05) is 32.1 Å². The largest absolute Gasteiger partial charge is 0.129 e. The van der Waals surface area contributed by atoms with E-state index in [1.54, 1.807) is 0 Å². The summed E-state index contributed by atoms with van der Waals surface area (Å²) in [6.45, 7) is 6.16. The molecule has 0 nitrogen and oxygen atoms in total. The third kappa shape index (κ3) is 3.82. The minimum absolute atomic E-state index is 1.08. The molecule has 0 N–H and O–H groups in total. The molecule has 12 heavy (non-hydrogen) atoms. The Morgan fingerprint density at radius 1 is 1.33 bits per heavy atom. The molecule has 0 saturated carbocycles. The van der Waals surface area contributed by atoms with Crippen molar-refractivity contribution < 1.29 is 0 Å². The number of allylic oxidation sites excluding steroid dienone is 5. The van der Waals surface area contributed by atoms with Crippen LogP contribution >= 0.6 is 11.8 Å². The van der Waals surface area contributed by atoms with Gasteiger partial charge in [0, 0.05) is 4.91 Å². The monoisotopic (exact) mass is 182 g/mol. The third-order valence-corrected chi connectivity index (χ3v) is 2.45. The molecule has 0 heterocycles. The summed E-state index contributed by atoms with van der Waals surface area (Å²) in [6, 6.07) is 0. The molecule has 0 spiro atoms. The van der Waals surface area contributed by atoms with Crippen molar-refractivity contribution in [2.24, 2.45) is 0 Å². The van der Waals surface area contributed by atoms with E-state index in [1.807, 2.05) is 25.6 Å². The van der Waals surface area contributed by atoms with Crippen LogP contribution in [0.3, 0.4) is 0 Å². The number of thioether (sulfide) groups is 1. The zero-order valence-electron chi connectivity index (χ0n) is 8.42. The Balaban J connectivity index is 0.000000561. The van der Waals surface area contributed by atoms with Gasteiger partial charge >= 0.3 is 0 Å². The maximum Gasteiger partial charge on any atom is 0.00951 e. The van der Waals surface area contributed by atoms with Crippen LogP contribution in [-0.2, 0) is 0 Å². The van der Waals surface area contributed by atoms with Crippen LogP contribution in [0.4, 0.5) is 0 Å². The SMILES string of the molecule is CC.CSC1=CC=CCC=C1C. The van der Waals surface area contributed by atoms with Gasteiger partial charge in [0.1, 0.15) is 0 Å². The highest BCUT2D eigenvalue weighted by atomic mass is 32.2. The molecule has 0 aromatic heterocycles. The average Bonchev–Trinajstić information content (AvgIpc) is 2.33. The van der Waals surface area contributed by atoms with Crippen LogP contribution in [0.1, 0.15) is 27.2 Å². The Bertz CT molecular complexity index is 197. The van der Waals surface area contributed by atoms with Gasteiger partial charge in [-0.05, 0) is 31.2 Å². The summed E-state index contributed by atoms with van der Waals surface area (Å²) in [5.41, 5.74) is 1.40. The molecule has 1 aliphatic carbocycles. The normalized spacial score (nSPS) is 15.3. The minimum Gasteiger partial charge on any atom is -0.129 e. The molecule has 0 bridgehead atoms. The summed E-state index contributed by atoms with van der Waals surface area (Å²) in [5, 5.41) is 0. The van der Waals surface area contributed by atoms with Gasteiger partial charge in [0.2, 0.25) is 0 Å². The van der Waals surface area contributed by atoms with Crippen molar-refractivity contribution in [1.82, 2.24) is 0 Å². The van der Waals surface area contributed by atoms with Gasteiger partial charge in [-0.25, -0.2) is 0 Å². The smallest absolute Gasteiger partial charge is 0.00951 e. The topological polar surface area (TPSA) is 0 Å². The molecule has 0 aromatic carbocycles. The van der Waals surface area contributed by atoms with E-state index in [-0.39, 0.29) is 0 Å². The predicted octanol–water partition coefficient (Wildman–Crippen LogP) is 4.17. The summed E-state index contributed by atoms with van der Waals surface area (Å²) in [5.74, 6) is 0. The number of hydrogen-bond donors (Lipinski definition) is 0. The Morgan fingerprint density at radius 3 is 2.58 bits per heavy atom. The summed E-state index contributed by atoms with van der Waals surface area (Å²) in [4.78, 5) is 1.38. The fourth-order valence-corrected chi connectivity index (χ4v) is 1.56. The van der Waals surface area contributed by atoms with E-state index in [0.29, 0.717) is 0 Å². The Morgan fingerprint density at radius 2 is 2.00 bits per heavy atom. The number of hydrogen-bond acceptors (Lipinski definition) is 1. The van der Waals surface area contributed by atoms with Gasteiger partial charge < -0.3 is 0 Å². The zero-order chi connectivity index (χ0) is 9.40. The fourth-order valence-electron chi connectivity index (χ4n) is 0.940. The lowest BCUT2D eigenvalue weighted by Gasteiger charge is -1.99. The van der Waals surface area contributed by atoms with Gasteiger partial charge in [0.25, 0.3) is 0 Å². The standard InChI is InChI=1S/C9H12S.C2H6/c1-8-6-4-3-5-7-9(8)10-2;1-2/h3,5-7H,4H2,1-2H3;1-2H3. The maximum absolute atomic E-state index is 2.26. The summed E-state index contributed by atoms with van der Waals surface area (Å²) in [7, 11) is 0. The van der Waals surface area contributed by atoms with Gasteiger partial charge in [-0.2, -0.15) is 0 Å². The molecule has 68 valence electrons. The maximum atomic E-state index is 2.26. The molecule has 0 radical (unpaired) electrons. The van der Waals surface area contributed by atoms with Gasteiger partial charge in [0.15, 0.2) is 0 Å². The Kier molecular flexibility index (Phi) is 6.97. The Hall–Kier alpha value is -0.430. The van der Waals surface area contributed by atoms with Crippen molar-refractivity contribution in [3.8, 4) is 0 Å². The van der Waals surface area contributed by atoms with Crippen LogP contribution < -0.4 is 0 Å². The molecule has 0 atom stereocenters. The van der Waals surface area contributed by atoms with Crippen LogP contribution in [0.15, 0.2) is 34.8 Å². The van der Waals surface area contributed by atoms with Crippen molar-refractivity contribution in [1.29, 1.82) is 0 Å². The average molecular weight is 182 g/mol. The molecule has 0 saturated heterocycles. The van der Waals surface area contributed by atoms with Crippen molar-refractivity contribution in [3.05, 3.63) is 34.8 Å². The zero-order valence-corrected chi connectivity index (χ0v) is 9.24. The fraction of sp³-hybridized carbons (Fsp3) is 0.455. The minimum atomic E-state index is 1.08. The van der Waals surface area contributed by atoms with Gasteiger partial charge in [0.05, 0.1) is 0 Å². The second-order valence-electron chi connectivity index (χ2n) is 2.29. The van der Waals surface area contributed by atoms with Crippen molar-refractivity contribution in [2.45, 2.75) is 27.2 Å². The molecule has 1 aliphatic rings. The van der Waals surface area contributed by atoms with E-state index in [9.17, 15) is 0 Å². The van der Waals surface area contributed by atoms with E-state index in [0.717, 1.165) is 6.42 Å². The molecule has 0 aromatic rings. The van der Waals surface area contributed by atoms with E-state index in [1.165, 1.54) is 10.5 Å². The number of rotatable bonds is 1. The van der Waals surface area contributed by atoms with Crippen molar-refractivity contribution >= 4 is 11.8 Å². The highest BCUT2D eigenvalue weighted by Crippen LogP contribution is 2.23. The molecule has 0 amide bonds. The summed E-state index contributed by atoms with van der Waals surface area (Å²) >= 11 is 1.81. The molecular formula is C11H18S. The van der Waals surface area contributed by atoms with Crippen LogP contribution in [0, 0.1) is 0 Å². The van der Waals surface area contributed by atoms with Crippen molar-refractivity contribution in [3.63, 3.8) is 0 Å². The van der Waals surface area contributed by atoms with E-state index in [4.69, 9.17) is 0 Å². The van der Waals surface area contributed by atoms with E-state index < -0.39 is 0 Å². The molecule has 0 fully saturated rings. The lowest BCUT2D eigenvalue weighted by molar-refractivity contribution is 1.34. The first-order valence-corrected chi connectivity index (χ1v) is 5.65. The quantitative estimate of drug-likeness (QED) is 0.586. The molecule has 0 unspecified atom stereocenters. The molecular weight excluding hydrogens is 164 g/mol. The van der Waals surface area contributed by atoms with Crippen LogP contribution in [-0.4, -0.2) is 6.26 Å². The summed E-state index contributed by atoms with van der Waals surface area (Å²) in [6.07, 6.45) is 11.9. The second-order valence-corrected chi connectivity index (χ2v) is 3.13. The lowest BCUT2D eigenvalue weighted by Crippen LogP contribution is -1.76. The van der Waals surface area contributed by atoms with E-state index in [2.05, 4.69) is 37.5 Å². The first kappa shape index (κ1) is 11.6. The van der Waals surface area contributed by atoms with Crippen LogP contribution in [0.2, 0.25) is 0 Å². The predicted molar refractivity (Wildman–Crippen MR) is 60.5 cm³/mol.